The van der Waals surface area contributed by atoms with Crippen molar-refractivity contribution in [1.82, 2.24) is 0 Å². The fourth-order valence-electron chi connectivity index (χ4n) is 2.25. The molecule has 0 spiro atoms. The van der Waals surface area contributed by atoms with E-state index in [0.717, 1.165) is 5.56 Å². The van der Waals surface area contributed by atoms with Gasteiger partial charge in [0, 0.05) is 12.8 Å². The van der Waals surface area contributed by atoms with Crippen LogP contribution in [0.4, 0.5) is 0 Å². The Bertz CT molecular complexity index is 740. The fraction of sp³-hybridized carbons (Fsp3) is 0.500. The Labute approximate surface area is 163 Å². The molecule has 0 unspecified atom stereocenters. The maximum Gasteiger partial charge on any atom is 0.311 e. The van der Waals surface area contributed by atoms with Crippen molar-refractivity contribution < 1.29 is 32.0 Å². The number of benzene rings is 1. The highest BCUT2D eigenvalue weighted by Gasteiger charge is 2.15. The summed E-state index contributed by atoms with van der Waals surface area (Å²) in [6.07, 6.45) is 0.585. The van der Waals surface area contributed by atoms with Crippen LogP contribution in [0.5, 0.6) is 5.75 Å². The minimum absolute atomic E-state index is 0.0555. The van der Waals surface area contributed by atoms with E-state index in [-0.39, 0.29) is 31.9 Å². The highest BCUT2D eigenvalue weighted by molar-refractivity contribution is 7.85. The van der Waals surface area contributed by atoms with Gasteiger partial charge in [-0.15, -0.1) is 0 Å². The van der Waals surface area contributed by atoms with Crippen LogP contribution in [0, 0.1) is 0 Å². The molecular weight excluding hydrogens is 369 g/mol. The lowest BCUT2D eigenvalue weighted by Gasteiger charge is -2.15. The molecule has 1 aromatic carbocycles. The van der Waals surface area contributed by atoms with E-state index < -0.39 is 34.4 Å². The highest BCUT2D eigenvalue weighted by Crippen LogP contribution is 2.27. The third kappa shape index (κ3) is 8.66. The molecule has 140 valence electrons. The summed E-state index contributed by atoms with van der Waals surface area (Å²) in [5.41, 5.74) is 2.04. The predicted molar refractivity (Wildman–Crippen MR) is 102 cm³/mol. The van der Waals surface area contributed by atoms with Crippen LogP contribution in [0.1, 0.15) is 36.0 Å². The molecule has 1 aromatic rings. The van der Waals surface area contributed by atoms with Crippen LogP contribution < -0.4 is 4.74 Å². The van der Waals surface area contributed by atoms with E-state index in [9.17, 15) is 18.0 Å². The molecule has 0 fully saturated rings. The smallest absolute Gasteiger partial charge is 0.311 e. The standard InChI is InChI=1S/C16H19B3O7S/c17-8-11-6-12(9-18)16(13(7-11)10-19)26-15(21)3-1-2-14(20)25-4-5-27(22,23)24/h6-7H,1-5,8-10H2,(H,22,23,24). The number of rotatable bonds is 11. The lowest BCUT2D eigenvalue weighted by molar-refractivity contribution is -0.143. The minimum Gasteiger partial charge on any atom is -0.464 e. The number of carbonyl (C=O) groups is 2. The first-order valence-corrected chi connectivity index (χ1v) is 9.87. The zero-order valence-electron chi connectivity index (χ0n) is 14.8. The van der Waals surface area contributed by atoms with E-state index in [1.807, 2.05) is 0 Å². The maximum atomic E-state index is 12.0. The molecule has 6 radical (unpaired) electrons. The summed E-state index contributed by atoms with van der Waals surface area (Å²) in [7, 11) is 12.8. The van der Waals surface area contributed by atoms with Gasteiger partial charge in [-0.05, 0) is 17.5 Å². The van der Waals surface area contributed by atoms with Gasteiger partial charge >= 0.3 is 11.9 Å². The molecule has 0 saturated heterocycles. The quantitative estimate of drug-likeness (QED) is 0.250. The molecule has 1 N–H and O–H groups in total. The highest BCUT2D eigenvalue weighted by atomic mass is 32.2. The maximum absolute atomic E-state index is 12.0. The van der Waals surface area contributed by atoms with E-state index in [0.29, 0.717) is 23.2 Å². The van der Waals surface area contributed by atoms with Gasteiger partial charge in [0.2, 0.25) is 0 Å². The third-order valence-electron chi connectivity index (χ3n) is 3.56. The number of carbonyl (C=O) groups excluding carboxylic acids is 2. The summed E-state index contributed by atoms with van der Waals surface area (Å²) in [6.45, 7) is -0.449. The molecule has 0 aliphatic carbocycles. The predicted octanol–water partition coefficient (Wildman–Crippen LogP) is 0.199. The van der Waals surface area contributed by atoms with E-state index in [2.05, 4.69) is 4.74 Å². The number of hydrogen-bond acceptors (Lipinski definition) is 6. The molecule has 27 heavy (non-hydrogen) atoms. The molecule has 0 saturated carbocycles. The lowest BCUT2D eigenvalue weighted by Crippen LogP contribution is -2.15. The van der Waals surface area contributed by atoms with Crippen LogP contribution in [0.3, 0.4) is 0 Å². The Hall–Kier alpha value is -1.74. The first-order valence-electron chi connectivity index (χ1n) is 8.26. The first kappa shape index (κ1) is 23.3. The second-order valence-corrected chi connectivity index (χ2v) is 7.26. The van der Waals surface area contributed by atoms with Gasteiger partial charge in [-0.2, -0.15) is 8.42 Å². The van der Waals surface area contributed by atoms with Crippen molar-refractivity contribution in [1.29, 1.82) is 0 Å². The van der Waals surface area contributed by atoms with Crippen molar-refractivity contribution in [3.63, 3.8) is 0 Å². The summed E-state index contributed by atoms with van der Waals surface area (Å²) in [4.78, 5) is 23.5. The van der Waals surface area contributed by atoms with Crippen LogP contribution >= 0.6 is 0 Å². The molecule has 1 rings (SSSR count). The molecular formula is C16H19B3O7S. The molecule has 0 aromatic heterocycles. The number of ether oxygens (including phenoxy) is 2. The summed E-state index contributed by atoms with van der Waals surface area (Å²) in [5, 5.41) is 0. The zero-order chi connectivity index (χ0) is 20.4. The molecule has 0 heterocycles. The number of hydrogen-bond donors (Lipinski definition) is 1. The normalized spacial score (nSPS) is 11.1. The molecule has 0 amide bonds. The summed E-state index contributed by atoms with van der Waals surface area (Å²) < 4.78 is 39.6. The summed E-state index contributed by atoms with van der Waals surface area (Å²) in [6, 6.07) is 3.49. The molecule has 0 atom stereocenters. The van der Waals surface area contributed by atoms with Crippen LogP contribution in [0.25, 0.3) is 0 Å². The Morgan fingerprint density at radius 3 is 2.00 bits per heavy atom. The van der Waals surface area contributed by atoms with Crippen LogP contribution in [0.2, 0.25) is 0 Å². The second kappa shape index (κ2) is 11.2. The van der Waals surface area contributed by atoms with Crippen LogP contribution in [-0.4, -0.2) is 60.8 Å². The third-order valence-corrected chi connectivity index (χ3v) is 4.24. The van der Waals surface area contributed by atoms with Crippen LogP contribution in [-0.2, 0) is 43.4 Å². The van der Waals surface area contributed by atoms with Gasteiger partial charge in [0.25, 0.3) is 10.1 Å². The van der Waals surface area contributed by atoms with Gasteiger partial charge in [-0.25, -0.2) is 0 Å². The minimum atomic E-state index is -4.19. The molecule has 0 aliphatic heterocycles. The largest absolute Gasteiger partial charge is 0.464 e. The molecule has 7 nitrogen and oxygen atoms in total. The average Bonchev–Trinajstić information content (AvgIpc) is 2.60. The summed E-state index contributed by atoms with van der Waals surface area (Å²) in [5.74, 6) is -1.61. The Morgan fingerprint density at radius 2 is 1.52 bits per heavy atom. The van der Waals surface area contributed by atoms with Crippen LogP contribution in [0.15, 0.2) is 12.1 Å². The van der Waals surface area contributed by atoms with Gasteiger partial charge in [0.15, 0.2) is 0 Å². The van der Waals surface area contributed by atoms with Crippen molar-refractivity contribution in [2.24, 2.45) is 0 Å². The van der Waals surface area contributed by atoms with E-state index >= 15 is 0 Å². The zero-order valence-corrected chi connectivity index (χ0v) is 15.7. The monoisotopic (exact) mass is 388 g/mol. The van der Waals surface area contributed by atoms with E-state index in [1.165, 1.54) is 0 Å². The van der Waals surface area contributed by atoms with Gasteiger partial charge < -0.3 is 9.47 Å². The second-order valence-electron chi connectivity index (χ2n) is 5.69. The molecule has 0 aliphatic rings. The summed E-state index contributed by atoms with van der Waals surface area (Å²) >= 11 is 0. The fourth-order valence-corrected chi connectivity index (χ4v) is 2.55. The van der Waals surface area contributed by atoms with Crippen molar-refractivity contribution in [3.05, 3.63) is 28.8 Å². The molecule has 0 bridgehead atoms. The molecule has 11 heteroatoms. The lowest BCUT2D eigenvalue weighted by atomic mass is 9.85. The van der Waals surface area contributed by atoms with Crippen molar-refractivity contribution in [3.8, 4) is 5.75 Å². The van der Waals surface area contributed by atoms with E-state index in [4.69, 9.17) is 32.8 Å². The topological polar surface area (TPSA) is 107 Å². The van der Waals surface area contributed by atoms with Crippen molar-refractivity contribution in [2.75, 3.05) is 12.4 Å². The van der Waals surface area contributed by atoms with Gasteiger partial charge in [0.05, 0.1) is 23.5 Å². The SMILES string of the molecule is [B]Cc1cc(C[B])c(OC(=O)CCCC(=O)OCCS(=O)(=O)O)c(C[B])c1. The average molecular weight is 388 g/mol. The Kier molecular flexibility index (Phi) is 9.66. The first-order chi connectivity index (χ1) is 12.7. The van der Waals surface area contributed by atoms with Gasteiger partial charge in [0.1, 0.15) is 18.1 Å². The van der Waals surface area contributed by atoms with Crippen molar-refractivity contribution in [2.45, 2.75) is 38.2 Å². The van der Waals surface area contributed by atoms with Gasteiger partial charge in [-0.3, -0.25) is 14.1 Å². The van der Waals surface area contributed by atoms with Gasteiger partial charge in [-0.1, -0.05) is 36.7 Å². The Balaban J connectivity index is 2.54. The Morgan fingerprint density at radius 1 is 0.963 bits per heavy atom. The van der Waals surface area contributed by atoms with Crippen molar-refractivity contribution >= 4 is 45.6 Å². The van der Waals surface area contributed by atoms with E-state index in [1.54, 1.807) is 12.1 Å². The number of esters is 2.